The lowest BCUT2D eigenvalue weighted by Gasteiger charge is -2.36. The molecule has 0 bridgehead atoms. The maximum atomic E-state index is 12.8. The van der Waals surface area contributed by atoms with Gasteiger partial charge in [-0.05, 0) is 44.2 Å². The van der Waals surface area contributed by atoms with Crippen molar-refractivity contribution < 1.29 is 4.79 Å². The van der Waals surface area contributed by atoms with Crippen molar-refractivity contribution in [1.82, 2.24) is 5.32 Å². The van der Waals surface area contributed by atoms with Gasteiger partial charge in [0, 0.05) is 22.4 Å². The van der Waals surface area contributed by atoms with Crippen LogP contribution in [0, 0.1) is 12.3 Å². The lowest BCUT2D eigenvalue weighted by molar-refractivity contribution is 0.0718. The molecule has 17 heavy (non-hydrogen) atoms. The van der Waals surface area contributed by atoms with Crippen LogP contribution >= 0.6 is 11.3 Å². The number of Topliss-reactive ketones (excluding diaryl/α,β-unsaturated/α-hetero) is 1. The summed E-state index contributed by atoms with van der Waals surface area (Å²) in [4.78, 5) is 13.9. The number of carbonyl (C=O) groups excluding carboxylic acids is 1. The monoisotopic (exact) mass is 251 g/mol. The second kappa shape index (κ2) is 5.32. The van der Waals surface area contributed by atoms with Gasteiger partial charge in [0.15, 0.2) is 5.78 Å². The van der Waals surface area contributed by atoms with E-state index in [0.717, 1.165) is 49.2 Å². The van der Waals surface area contributed by atoms with E-state index in [4.69, 9.17) is 0 Å². The lowest BCUT2D eigenvalue weighted by Crippen LogP contribution is -2.45. The molecule has 2 heterocycles. The number of piperidine rings is 1. The van der Waals surface area contributed by atoms with E-state index in [1.54, 1.807) is 11.3 Å². The summed E-state index contributed by atoms with van der Waals surface area (Å²) in [5.41, 5.74) is 0.811. The Morgan fingerprint density at radius 3 is 2.94 bits per heavy atom. The van der Waals surface area contributed by atoms with Gasteiger partial charge in [-0.25, -0.2) is 0 Å². The third kappa shape index (κ3) is 2.45. The van der Waals surface area contributed by atoms with Crippen LogP contribution in [0.2, 0.25) is 0 Å². The second-order valence-corrected chi connectivity index (χ2v) is 6.15. The maximum absolute atomic E-state index is 12.8. The van der Waals surface area contributed by atoms with Gasteiger partial charge in [-0.15, -0.1) is 11.3 Å². The number of ketones is 1. The molecule has 2 nitrogen and oxygen atoms in total. The molecule has 0 radical (unpaired) electrons. The molecule has 0 aliphatic carbocycles. The van der Waals surface area contributed by atoms with E-state index in [-0.39, 0.29) is 5.41 Å². The predicted molar refractivity (Wildman–Crippen MR) is 72.8 cm³/mol. The third-order valence-corrected chi connectivity index (χ3v) is 4.63. The van der Waals surface area contributed by atoms with Gasteiger partial charge in [0.1, 0.15) is 0 Å². The first-order chi connectivity index (χ1) is 8.19. The fraction of sp³-hybridized carbons (Fsp3) is 0.643. The van der Waals surface area contributed by atoms with Crippen LogP contribution in [0.4, 0.5) is 0 Å². The zero-order chi connectivity index (χ0) is 12.3. The van der Waals surface area contributed by atoms with E-state index in [1.807, 2.05) is 18.4 Å². The average molecular weight is 251 g/mol. The molecular weight excluding hydrogens is 230 g/mol. The summed E-state index contributed by atoms with van der Waals surface area (Å²) >= 11 is 1.67. The van der Waals surface area contributed by atoms with Gasteiger partial charge in [-0.2, -0.15) is 0 Å². The highest BCUT2D eigenvalue weighted by molar-refractivity contribution is 7.10. The zero-order valence-corrected chi connectivity index (χ0v) is 11.5. The van der Waals surface area contributed by atoms with Gasteiger partial charge in [-0.3, -0.25) is 4.79 Å². The molecule has 94 valence electrons. The highest BCUT2D eigenvalue weighted by Crippen LogP contribution is 2.36. The molecule has 1 aromatic heterocycles. The summed E-state index contributed by atoms with van der Waals surface area (Å²) < 4.78 is 0. The molecule has 0 aromatic carbocycles. The zero-order valence-electron chi connectivity index (χ0n) is 10.7. The maximum Gasteiger partial charge on any atom is 0.171 e. The smallest absolute Gasteiger partial charge is 0.171 e. The molecular formula is C14H21NOS. The number of carbonyl (C=O) groups is 1. The van der Waals surface area contributed by atoms with Gasteiger partial charge >= 0.3 is 0 Å². The van der Waals surface area contributed by atoms with Crippen molar-refractivity contribution in [3.8, 4) is 0 Å². The van der Waals surface area contributed by atoms with Crippen LogP contribution in [0.3, 0.4) is 0 Å². The van der Waals surface area contributed by atoms with E-state index >= 15 is 0 Å². The lowest BCUT2D eigenvalue weighted by atomic mass is 9.72. The van der Waals surface area contributed by atoms with Gasteiger partial charge < -0.3 is 5.32 Å². The Hall–Kier alpha value is -0.670. The molecule has 3 heteroatoms. The molecule has 0 saturated carbocycles. The third-order valence-electron chi connectivity index (χ3n) is 3.79. The molecule has 1 aliphatic rings. The highest BCUT2D eigenvalue weighted by atomic mass is 32.1. The Bertz CT molecular complexity index is 385. The average Bonchev–Trinajstić information content (AvgIpc) is 2.76. The van der Waals surface area contributed by atoms with Crippen LogP contribution in [0.15, 0.2) is 11.4 Å². The molecule has 1 aliphatic heterocycles. The quantitative estimate of drug-likeness (QED) is 0.831. The van der Waals surface area contributed by atoms with Crippen LogP contribution in [0.1, 0.15) is 47.8 Å². The van der Waals surface area contributed by atoms with Crippen molar-refractivity contribution in [2.45, 2.75) is 39.5 Å². The predicted octanol–water partition coefficient (Wildman–Crippen LogP) is 3.41. The van der Waals surface area contributed by atoms with Crippen molar-refractivity contribution in [3.63, 3.8) is 0 Å². The molecule has 0 amide bonds. The summed E-state index contributed by atoms with van der Waals surface area (Å²) in [6.07, 6.45) is 4.25. The number of rotatable bonds is 4. The van der Waals surface area contributed by atoms with Gasteiger partial charge in [0.05, 0.1) is 0 Å². The summed E-state index contributed by atoms with van der Waals surface area (Å²) in [7, 11) is 0. The number of aryl methyl sites for hydroxylation is 1. The van der Waals surface area contributed by atoms with Gasteiger partial charge in [0.2, 0.25) is 0 Å². The fourth-order valence-corrected chi connectivity index (χ4v) is 3.57. The van der Waals surface area contributed by atoms with Crippen LogP contribution in [0.25, 0.3) is 0 Å². The molecule has 2 rings (SSSR count). The van der Waals surface area contributed by atoms with Crippen LogP contribution in [-0.4, -0.2) is 18.9 Å². The van der Waals surface area contributed by atoms with Crippen LogP contribution < -0.4 is 5.32 Å². The number of thiophene rings is 1. The Kier molecular flexibility index (Phi) is 4.00. The minimum atomic E-state index is -0.140. The molecule has 1 atom stereocenters. The first kappa shape index (κ1) is 12.8. The van der Waals surface area contributed by atoms with Crippen molar-refractivity contribution in [3.05, 3.63) is 21.9 Å². The minimum absolute atomic E-state index is 0.140. The Balaban J connectivity index is 2.27. The SMILES string of the molecule is CCCC1(C(=O)c2ccsc2C)CCCNC1. The Morgan fingerprint density at radius 2 is 2.41 bits per heavy atom. The van der Waals surface area contributed by atoms with Crippen LogP contribution in [-0.2, 0) is 0 Å². The van der Waals surface area contributed by atoms with Gasteiger partial charge in [0.25, 0.3) is 0 Å². The van der Waals surface area contributed by atoms with E-state index in [1.165, 1.54) is 0 Å². The molecule has 0 spiro atoms. The summed E-state index contributed by atoms with van der Waals surface area (Å²) in [6, 6.07) is 1.99. The molecule has 1 unspecified atom stereocenters. The molecule has 1 aromatic rings. The van der Waals surface area contributed by atoms with Crippen molar-refractivity contribution in [2.75, 3.05) is 13.1 Å². The standard InChI is InChI=1S/C14H21NOS/c1-3-6-14(7-4-8-15-10-14)13(16)12-5-9-17-11(12)2/h5,9,15H,3-4,6-8,10H2,1-2H3. The summed E-state index contributed by atoms with van der Waals surface area (Å²) in [6.45, 7) is 6.13. The van der Waals surface area contributed by atoms with Crippen molar-refractivity contribution in [1.29, 1.82) is 0 Å². The van der Waals surface area contributed by atoms with Crippen molar-refractivity contribution in [2.24, 2.45) is 5.41 Å². The van der Waals surface area contributed by atoms with E-state index in [2.05, 4.69) is 12.2 Å². The second-order valence-electron chi connectivity index (χ2n) is 5.03. The molecule has 1 fully saturated rings. The van der Waals surface area contributed by atoms with Crippen LogP contribution in [0.5, 0.6) is 0 Å². The minimum Gasteiger partial charge on any atom is -0.316 e. The van der Waals surface area contributed by atoms with Crippen molar-refractivity contribution >= 4 is 17.1 Å². The Labute approximate surface area is 107 Å². The number of hydrogen-bond acceptors (Lipinski definition) is 3. The Morgan fingerprint density at radius 1 is 1.59 bits per heavy atom. The van der Waals surface area contributed by atoms with E-state index in [0.29, 0.717) is 5.78 Å². The molecule has 1 saturated heterocycles. The largest absolute Gasteiger partial charge is 0.316 e. The van der Waals surface area contributed by atoms with Gasteiger partial charge in [-0.1, -0.05) is 13.3 Å². The summed E-state index contributed by atoms with van der Waals surface area (Å²) in [5, 5.41) is 5.43. The highest BCUT2D eigenvalue weighted by Gasteiger charge is 2.39. The molecule has 1 N–H and O–H groups in total. The summed E-state index contributed by atoms with van der Waals surface area (Å²) in [5.74, 6) is 0.366. The normalized spacial score (nSPS) is 24.8. The first-order valence-electron chi connectivity index (χ1n) is 6.49. The fourth-order valence-electron chi connectivity index (χ4n) is 2.87. The topological polar surface area (TPSA) is 29.1 Å². The number of hydrogen-bond donors (Lipinski definition) is 1. The van der Waals surface area contributed by atoms with E-state index in [9.17, 15) is 4.79 Å². The van der Waals surface area contributed by atoms with E-state index < -0.39 is 0 Å². The first-order valence-corrected chi connectivity index (χ1v) is 7.37. The number of nitrogens with one attached hydrogen (secondary N) is 1.